The molecule has 0 aliphatic heterocycles. The van der Waals surface area contributed by atoms with Crippen LogP contribution >= 0.6 is 0 Å². The number of rotatable bonds is 11. The first-order valence-electron chi connectivity index (χ1n) is 11.7. The standard InChI is InChI=1S/C28H44N.ClH/c1-8-22(3)26-17-19-27(20-18-26)23(4)11-10-12-25(9-2)28-15-13-24(14-16-28)21-29(5,6)7;/h13-20,22-23,25H,8-12,21H2,1-7H3;1H/q+1;/p-1. The molecule has 30 heavy (non-hydrogen) atoms. The smallest absolute Gasteiger partial charge is 0.104 e. The van der Waals surface area contributed by atoms with Crippen LogP contribution in [0.1, 0.15) is 99.8 Å². The average Bonchev–Trinajstić information content (AvgIpc) is 2.70. The van der Waals surface area contributed by atoms with Crippen LogP contribution in [-0.2, 0) is 6.54 Å². The van der Waals surface area contributed by atoms with E-state index in [1.54, 1.807) is 0 Å². The van der Waals surface area contributed by atoms with Gasteiger partial charge in [-0.3, -0.25) is 0 Å². The van der Waals surface area contributed by atoms with E-state index < -0.39 is 0 Å². The van der Waals surface area contributed by atoms with Crippen molar-refractivity contribution < 1.29 is 16.9 Å². The Morgan fingerprint density at radius 1 is 0.667 bits per heavy atom. The zero-order chi connectivity index (χ0) is 21.4. The van der Waals surface area contributed by atoms with Gasteiger partial charge in [-0.2, -0.15) is 0 Å². The highest BCUT2D eigenvalue weighted by Crippen LogP contribution is 2.30. The minimum Gasteiger partial charge on any atom is -1.00 e. The minimum absolute atomic E-state index is 0. The Morgan fingerprint density at radius 2 is 1.17 bits per heavy atom. The molecule has 0 aromatic heterocycles. The molecular weight excluding hydrogens is 386 g/mol. The predicted molar refractivity (Wildman–Crippen MR) is 129 cm³/mol. The fraction of sp³-hybridized carbons (Fsp3) is 0.571. The van der Waals surface area contributed by atoms with E-state index >= 15 is 0 Å². The lowest BCUT2D eigenvalue weighted by molar-refractivity contribution is -0.884. The van der Waals surface area contributed by atoms with Crippen LogP contribution in [0.15, 0.2) is 48.5 Å². The summed E-state index contributed by atoms with van der Waals surface area (Å²) in [4.78, 5) is 0. The van der Waals surface area contributed by atoms with Crippen LogP contribution in [0.3, 0.4) is 0 Å². The summed E-state index contributed by atoms with van der Waals surface area (Å²) in [6, 6.07) is 18.8. The second kappa shape index (κ2) is 12.5. The van der Waals surface area contributed by atoms with Crippen molar-refractivity contribution in [3.63, 3.8) is 0 Å². The maximum absolute atomic E-state index is 2.39. The van der Waals surface area contributed by atoms with E-state index in [0.717, 1.165) is 11.0 Å². The summed E-state index contributed by atoms with van der Waals surface area (Å²) in [5, 5.41) is 0. The Balaban J connectivity index is 0.00000450. The van der Waals surface area contributed by atoms with E-state index in [4.69, 9.17) is 0 Å². The lowest BCUT2D eigenvalue weighted by atomic mass is 9.87. The SMILES string of the molecule is CCC(C)c1ccc(C(C)CCCC(CC)c2ccc(C[N+](C)(C)C)cc2)cc1.[Cl-]. The van der Waals surface area contributed by atoms with Gasteiger partial charge in [-0.1, -0.05) is 82.6 Å². The summed E-state index contributed by atoms with van der Waals surface area (Å²) >= 11 is 0. The van der Waals surface area contributed by atoms with Gasteiger partial charge in [-0.15, -0.1) is 0 Å². The zero-order valence-electron chi connectivity index (χ0n) is 20.4. The Morgan fingerprint density at radius 3 is 1.63 bits per heavy atom. The quantitative estimate of drug-likeness (QED) is 0.446. The highest BCUT2D eigenvalue weighted by Gasteiger charge is 2.13. The maximum Gasteiger partial charge on any atom is 0.104 e. The van der Waals surface area contributed by atoms with Crippen LogP contribution in [0.2, 0.25) is 0 Å². The first-order chi connectivity index (χ1) is 13.7. The molecule has 0 saturated carbocycles. The van der Waals surface area contributed by atoms with Crippen molar-refractivity contribution in [1.82, 2.24) is 0 Å². The third-order valence-electron chi connectivity index (χ3n) is 6.48. The van der Waals surface area contributed by atoms with Gasteiger partial charge in [-0.25, -0.2) is 0 Å². The Labute approximate surface area is 192 Å². The van der Waals surface area contributed by atoms with E-state index in [-0.39, 0.29) is 12.4 Å². The molecule has 3 atom stereocenters. The normalized spacial score (nSPS) is 14.6. The lowest BCUT2D eigenvalue weighted by Crippen LogP contribution is -3.00. The van der Waals surface area contributed by atoms with Gasteiger partial charge in [-0.05, 0) is 60.1 Å². The molecule has 0 radical (unpaired) electrons. The highest BCUT2D eigenvalue weighted by atomic mass is 35.5. The summed E-state index contributed by atoms with van der Waals surface area (Å²) < 4.78 is 0.979. The second-order valence-electron chi connectivity index (χ2n) is 10.1. The summed E-state index contributed by atoms with van der Waals surface area (Å²) in [6.45, 7) is 10.4. The van der Waals surface area contributed by atoms with E-state index in [9.17, 15) is 0 Å². The van der Waals surface area contributed by atoms with Crippen LogP contribution in [-0.4, -0.2) is 25.6 Å². The molecule has 2 aromatic carbocycles. The third-order valence-corrected chi connectivity index (χ3v) is 6.48. The number of nitrogens with zero attached hydrogens (tertiary/aromatic N) is 1. The zero-order valence-corrected chi connectivity index (χ0v) is 21.2. The molecule has 0 fully saturated rings. The van der Waals surface area contributed by atoms with Crippen molar-refractivity contribution in [3.8, 4) is 0 Å². The van der Waals surface area contributed by atoms with Crippen molar-refractivity contribution in [2.75, 3.05) is 21.1 Å². The van der Waals surface area contributed by atoms with Crippen LogP contribution in [0.4, 0.5) is 0 Å². The van der Waals surface area contributed by atoms with E-state index in [2.05, 4.69) is 97.4 Å². The molecule has 0 amide bonds. The lowest BCUT2D eigenvalue weighted by Gasteiger charge is -2.24. The number of halogens is 1. The molecular formula is C28H44ClN. The van der Waals surface area contributed by atoms with Crippen molar-refractivity contribution in [2.24, 2.45) is 0 Å². The highest BCUT2D eigenvalue weighted by molar-refractivity contribution is 5.27. The molecule has 2 aromatic rings. The van der Waals surface area contributed by atoms with Gasteiger partial charge in [0.1, 0.15) is 6.54 Å². The Hall–Kier alpha value is -1.31. The van der Waals surface area contributed by atoms with Crippen LogP contribution < -0.4 is 12.4 Å². The molecule has 0 aliphatic rings. The molecule has 0 N–H and O–H groups in total. The monoisotopic (exact) mass is 429 g/mol. The van der Waals surface area contributed by atoms with Crippen LogP contribution in [0, 0.1) is 0 Å². The summed E-state index contributed by atoms with van der Waals surface area (Å²) in [5.41, 5.74) is 5.92. The van der Waals surface area contributed by atoms with Crippen molar-refractivity contribution >= 4 is 0 Å². The minimum atomic E-state index is 0. The van der Waals surface area contributed by atoms with Crippen molar-refractivity contribution in [1.29, 1.82) is 0 Å². The molecule has 1 nitrogen and oxygen atoms in total. The van der Waals surface area contributed by atoms with Gasteiger partial charge < -0.3 is 16.9 Å². The summed E-state index contributed by atoms with van der Waals surface area (Å²) in [5.74, 6) is 2.00. The fourth-order valence-corrected chi connectivity index (χ4v) is 4.28. The van der Waals surface area contributed by atoms with Crippen LogP contribution in [0.5, 0.6) is 0 Å². The van der Waals surface area contributed by atoms with E-state index in [1.165, 1.54) is 54.4 Å². The molecule has 0 heterocycles. The van der Waals surface area contributed by atoms with Crippen LogP contribution in [0.25, 0.3) is 0 Å². The number of quaternary nitrogens is 1. The van der Waals surface area contributed by atoms with Gasteiger partial charge in [0.2, 0.25) is 0 Å². The molecule has 0 saturated heterocycles. The van der Waals surface area contributed by atoms with Crippen molar-refractivity contribution in [2.45, 2.75) is 84.1 Å². The predicted octanol–water partition coefficient (Wildman–Crippen LogP) is 4.88. The Bertz CT molecular complexity index is 712. The third kappa shape index (κ3) is 8.44. The molecule has 0 aliphatic carbocycles. The fourth-order valence-electron chi connectivity index (χ4n) is 4.28. The van der Waals surface area contributed by atoms with E-state index in [1.807, 2.05) is 0 Å². The van der Waals surface area contributed by atoms with Crippen molar-refractivity contribution in [3.05, 3.63) is 70.8 Å². The topological polar surface area (TPSA) is 0 Å². The molecule has 0 bridgehead atoms. The number of hydrogen-bond donors (Lipinski definition) is 0. The van der Waals surface area contributed by atoms with Gasteiger partial charge in [0, 0.05) is 5.56 Å². The Kier molecular flexibility index (Phi) is 11.2. The first-order valence-corrected chi connectivity index (χ1v) is 11.7. The van der Waals surface area contributed by atoms with Gasteiger partial charge in [0.05, 0.1) is 21.1 Å². The van der Waals surface area contributed by atoms with E-state index in [0.29, 0.717) is 17.8 Å². The number of hydrogen-bond acceptors (Lipinski definition) is 0. The maximum atomic E-state index is 2.39. The van der Waals surface area contributed by atoms with Gasteiger partial charge in [0.15, 0.2) is 0 Å². The second-order valence-corrected chi connectivity index (χ2v) is 10.1. The average molecular weight is 430 g/mol. The summed E-state index contributed by atoms with van der Waals surface area (Å²) in [6.07, 6.45) is 6.31. The molecule has 168 valence electrons. The number of benzene rings is 2. The summed E-state index contributed by atoms with van der Waals surface area (Å²) in [7, 11) is 6.76. The molecule has 0 spiro atoms. The van der Waals surface area contributed by atoms with Gasteiger partial charge >= 0.3 is 0 Å². The molecule has 2 rings (SSSR count). The largest absolute Gasteiger partial charge is 1.00 e. The first kappa shape index (κ1) is 26.7. The van der Waals surface area contributed by atoms with Gasteiger partial charge in [0.25, 0.3) is 0 Å². The molecule has 2 heteroatoms. The molecule has 3 unspecified atom stereocenters.